The predicted octanol–water partition coefficient (Wildman–Crippen LogP) is 12.6. The Labute approximate surface area is 310 Å². The van der Waals surface area contributed by atoms with Gasteiger partial charge in [-0.1, -0.05) is 141 Å². The van der Waals surface area contributed by atoms with Crippen LogP contribution in [0, 0.1) is 0 Å². The fourth-order valence-corrected chi connectivity index (χ4v) is 9.69. The van der Waals surface area contributed by atoms with Gasteiger partial charge in [-0.05, 0) is 52.6 Å². The highest BCUT2D eigenvalue weighted by atomic mass is 32.1. The van der Waals surface area contributed by atoms with Crippen LogP contribution in [0.1, 0.15) is 25.0 Å². The summed E-state index contributed by atoms with van der Waals surface area (Å²) in [5.74, 6) is 2.00. The Morgan fingerprint density at radius 3 is 1.81 bits per heavy atom. The predicted molar refractivity (Wildman–Crippen MR) is 221 cm³/mol. The maximum Gasteiger partial charge on any atom is 0.164 e. The first-order valence-corrected chi connectivity index (χ1v) is 18.9. The summed E-state index contributed by atoms with van der Waals surface area (Å²) in [5, 5.41) is 5.11. The molecule has 3 heterocycles. The molecule has 250 valence electrons. The highest BCUT2D eigenvalue weighted by Gasteiger charge is 2.37. The second-order valence-corrected chi connectivity index (χ2v) is 15.5. The molecule has 0 saturated carbocycles. The molecule has 5 heteroatoms. The number of para-hydroxylation sites is 1. The highest BCUT2D eigenvalue weighted by Crippen LogP contribution is 2.53. The van der Waals surface area contributed by atoms with Gasteiger partial charge >= 0.3 is 0 Å². The number of thiophene rings is 1. The molecular weight excluding hydrogens is 665 g/mol. The molecule has 0 N–H and O–H groups in total. The lowest BCUT2D eigenvalue weighted by molar-refractivity contribution is 0.661. The van der Waals surface area contributed by atoms with Gasteiger partial charge in [0.25, 0.3) is 0 Å². The zero-order valence-electron chi connectivity index (χ0n) is 29.2. The van der Waals surface area contributed by atoms with Crippen molar-refractivity contribution in [3.63, 3.8) is 0 Å². The molecule has 0 spiro atoms. The summed E-state index contributed by atoms with van der Waals surface area (Å²) in [7, 11) is 0. The Kier molecular flexibility index (Phi) is 6.43. The van der Waals surface area contributed by atoms with E-state index in [9.17, 15) is 0 Å². The van der Waals surface area contributed by atoms with E-state index >= 15 is 0 Å². The summed E-state index contributed by atoms with van der Waals surface area (Å²) >= 11 is 1.82. The first-order chi connectivity index (χ1) is 26.0. The summed E-state index contributed by atoms with van der Waals surface area (Å²) in [6.07, 6.45) is 0. The van der Waals surface area contributed by atoms with Gasteiger partial charge < -0.3 is 4.57 Å². The molecule has 4 nitrogen and oxygen atoms in total. The molecule has 3 aromatic heterocycles. The molecule has 11 rings (SSSR count). The molecule has 0 unspecified atom stereocenters. The van der Waals surface area contributed by atoms with Crippen molar-refractivity contribution in [1.82, 2.24) is 19.5 Å². The molecule has 7 aromatic carbocycles. The van der Waals surface area contributed by atoms with E-state index in [2.05, 4.69) is 115 Å². The lowest BCUT2D eigenvalue weighted by atomic mass is 9.82. The third kappa shape index (κ3) is 4.51. The number of fused-ring (bicyclic) bond motifs is 10. The van der Waals surface area contributed by atoms with E-state index in [1.807, 2.05) is 72.0 Å². The maximum absolute atomic E-state index is 4.99. The molecule has 0 atom stereocenters. The first kappa shape index (κ1) is 30.2. The molecule has 1 aliphatic rings. The van der Waals surface area contributed by atoms with Crippen LogP contribution in [0.3, 0.4) is 0 Å². The van der Waals surface area contributed by atoms with Crippen LogP contribution in [0.15, 0.2) is 158 Å². The van der Waals surface area contributed by atoms with Crippen molar-refractivity contribution in [1.29, 1.82) is 0 Å². The maximum atomic E-state index is 4.99. The van der Waals surface area contributed by atoms with Crippen molar-refractivity contribution < 1.29 is 0 Å². The Morgan fingerprint density at radius 2 is 1.08 bits per heavy atom. The van der Waals surface area contributed by atoms with Crippen LogP contribution in [0.25, 0.3) is 93.0 Å². The largest absolute Gasteiger partial charge is 0.309 e. The van der Waals surface area contributed by atoms with Crippen molar-refractivity contribution in [3.05, 3.63) is 169 Å². The minimum atomic E-state index is -0.0499. The van der Waals surface area contributed by atoms with Crippen LogP contribution in [0.4, 0.5) is 0 Å². The van der Waals surface area contributed by atoms with Crippen molar-refractivity contribution in [2.75, 3.05) is 0 Å². The van der Waals surface area contributed by atoms with Crippen LogP contribution in [0.5, 0.6) is 0 Å². The van der Waals surface area contributed by atoms with E-state index in [1.54, 1.807) is 0 Å². The van der Waals surface area contributed by atoms with Gasteiger partial charge in [0.05, 0.1) is 11.0 Å². The average molecular weight is 697 g/mol. The van der Waals surface area contributed by atoms with Gasteiger partial charge in [0.15, 0.2) is 17.5 Å². The lowest BCUT2D eigenvalue weighted by Gasteiger charge is -2.21. The van der Waals surface area contributed by atoms with Gasteiger partial charge in [-0.3, -0.25) is 0 Å². The van der Waals surface area contributed by atoms with E-state index in [0.29, 0.717) is 17.5 Å². The first-order valence-electron chi connectivity index (χ1n) is 18.0. The minimum absolute atomic E-state index is 0.0499. The molecule has 0 aliphatic heterocycles. The van der Waals surface area contributed by atoms with E-state index in [0.717, 1.165) is 16.7 Å². The van der Waals surface area contributed by atoms with Crippen molar-refractivity contribution in [3.8, 4) is 51.0 Å². The monoisotopic (exact) mass is 696 g/mol. The van der Waals surface area contributed by atoms with Gasteiger partial charge in [0.1, 0.15) is 0 Å². The van der Waals surface area contributed by atoms with Crippen LogP contribution < -0.4 is 0 Å². The molecule has 53 heavy (non-hydrogen) atoms. The van der Waals surface area contributed by atoms with E-state index in [4.69, 9.17) is 15.0 Å². The molecule has 10 aromatic rings. The minimum Gasteiger partial charge on any atom is -0.309 e. The molecular formula is C48H32N4S. The quantitative estimate of drug-likeness (QED) is 0.184. The Balaban J connectivity index is 1.07. The highest BCUT2D eigenvalue weighted by molar-refractivity contribution is 7.25. The molecule has 0 radical (unpaired) electrons. The van der Waals surface area contributed by atoms with Crippen molar-refractivity contribution in [2.24, 2.45) is 0 Å². The zero-order valence-corrected chi connectivity index (χ0v) is 30.0. The average Bonchev–Trinajstić information content (AvgIpc) is 3.83. The number of hydrogen-bond donors (Lipinski definition) is 0. The zero-order chi connectivity index (χ0) is 35.3. The third-order valence-corrected chi connectivity index (χ3v) is 12.2. The fourth-order valence-electron chi connectivity index (χ4n) is 8.51. The van der Waals surface area contributed by atoms with E-state index < -0.39 is 0 Å². The Morgan fingerprint density at radius 1 is 0.472 bits per heavy atom. The second kappa shape index (κ2) is 11.3. The molecule has 0 bridgehead atoms. The Hall–Kier alpha value is -6.43. The topological polar surface area (TPSA) is 43.6 Å². The van der Waals surface area contributed by atoms with Gasteiger partial charge in [0.2, 0.25) is 0 Å². The summed E-state index contributed by atoms with van der Waals surface area (Å²) in [6, 6.07) is 56.3. The normalized spacial score (nSPS) is 13.2. The number of aromatic nitrogens is 4. The van der Waals surface area contributed by atoms with Gasteiger partial charge in [-0.2, -0.15) is 0 Å². The number of nitrogens with zero attached hydrogens (tertiary/aromatic N) is 4. The molecule has 0 saturated heterocycles. The number of benzene rings is 7. The lowest BCUT2D eigenvalue weighted by Crippen LogP contribution is -2.14. The molecule has 0 amide bonds. The molecule has 0 fully saturated rings. The summed E-state index contributed by atoms with van der Waals surface area (Å²) in [6.45, 7) is 4.71. The van der Waals surface area contributed by atoms with E-state index in [-0.39, 0.29) is 5.41 Å². The molecule has 1 aliphatic carbocycles. The van der Waals surface area contributed by atoms with Gasteiger partial charge in [-0.25, -0.2) is 15.0 Å². The van der Waals surface area contributed by atoms with Crippen LogP contribution in [0.2, 0.25) is 0 Å². The summed E-state index contributed by atoms with van der Waals surface area (Å²) in [5.41, 5.74) is 12.0. The number of hydrogen-bond acceptors (Lipinski definition) is 4. The third-order valence-electron chi connectivity index (χ3n) is 11.1. The van der Waals surface area contributed by atoms with Crippen LogP contribution >= 0.6 is 11.3 Å². The van der Waals surface area contributed by atoms with Gasteiger partial charge in [0, 0.05) is 58.7 Å². The Bertz CT molecular complexity index is 3020. The van der Waals surface area contributed by atoms with Gasteiger partial charge in [-0.15, -0.1) is 11.3 Å². The van der Waals surface area contributed by atoms with Crippen LogP contribution in [-0.4, -0.2) is 19.5 Å². The van der Waals surface area contributed by atoms with Crippen molar-refractivity contribution >= 4 is 53.3 Å². The second-order valence-electron chi connectivity index (χ2n) is 14.4. The number of rotatable bonds is 4. The SMILES string of the molecule is CC1(C)c2ccccc2-c2c1ccc1c2c2ccccc2n1-c1ccc2c(c1)sc1cc(-c3nc(-c4ccccc4)nc(-c4ccccc4)n3)ccc12. The fraction of sp³-hybridized carbons (Fsp3) is 0.0625. The van der Waals surface area contributed by atoms with Crippen molar-refractivity contribution in [2.45, 2.75) is 19.3 Å². The summed E-state index contributed by atoms with van der Waals surface area (Å²) < 4.78 is 4.91. The smallest absolute Gasteiger partial charge is 0.164 e. The summed E-state index contributed by atoms with van der Waals surface area (Å²) in [4.78, 5) is 14.9. The van der Waals surface area contributed by atoms with E-state index in [1.165, 1.54) is 69.9 Å². The van der Waals surface area contributed by atoms with Crippen LogP contribution in [-0.2, 0) is 5.41 Å². The standard InChI is InChI=1S/C48H32N4S/c1-48(2)37-19-11-9-17-35(37)43-38(48)25-26-40-44(43)36-18-10-12-20-39(36)52(40)32-22-24-34-33-23-21-31(27-41(33)53-42(34)28-32)47-50-45(29-13-5-3-6-14-29)49-46(51-47)30-15-7-4-8-16-30/h3-28H,1-2H3.